The van der Waals surface area contributed by atoms with Gasteiger partial charge in [-0.2, -0.15) is 0 Å². The molecule has 0 spiro atoms. The van der Waals surface area contributed by atoms with E-state index in [1.54, 1.807) is 12.1 Å². The Hall–Kier alpha value is -3.14. The zero-order valence-corrected chi connectivity index (χ0v) is 14.0. The van der Waals surface area contributed by atoms with E-state index in [-0.39, 0.29) is 27.9 Å². The van der Waals surface area contributed by atoms with Crippen molar-refractivity contribution in [2.75, 3.05) is 11.6 Å². The zero-order valence-electron chi connectivity index (χ0n) is 13.2. The highest BCUT2D eigenvalue weighted by atomic mass is 32.2. The van der Waals surface area contributed by atoms with Gasteiger partial charge < -0.3 is 4.42 Å². The van der Waals surface area contributed by atoms with E-state index in [1.807, 2.05) is 0 Å². The maximum Gasteiger partial charge on any atom is 0.322 e. The van der Waals surface area contributed by atoms with E-state index in [0.29, 0.717) is 0 Å². The van der Waals surface area contributed by atoms with Crippen molar-refractivity contribution in [3.05, 3.63) is 59.7 Å². The molecule has 0 atom stereocenters. The third-order valence-corrected chi connectivity index (χ3v) is 4.50. The lowest BCUT2D eigenvalue weighted by molar-refractivity contribution is 0.102. The van der Waals surface area contributed by atoms with E-state index < -0.39 is 27.4 Å². The summed E-state index contributed by atoms with van der Waals surface area (Å²) in [7, 11) is -3.54. The monoisotopic (exact) mass is 379 g/mol. The molecule has 0 unspecified atom stereocenters. The van der Waals surface area contributed by atoms with Crippen LogP contribution in [0.2, 0.25) is 0 Å². The minimum absolute atomic E-state index is 0.0119. The third kappa shape index (κ3) is 3.59. The van der Waals surface area contributed by atoms with Gasteiger partial charge in [0, 0.05) is 11.8 Å². The molecule has 1 amide bonds. The van der Waals surface area contributed by atoms with Crippen molar-refractivity contribution in [3.8, 4) is 11.5 Å². The minimum atomic E-state index is -3.54. The Kier molecular flexibility index (Phi) is 4.51. The molecule has 1 N–H and O–H groups in total. The number of nitrogens with zero attached hydrogens (tertiary/aromatic N) is 2. The number of aromatic nitrogens is 2. The van der Waals surface area contributed by atoms with Gasteiger partial charge in [-0.3, -0.25) is 10.1 Å². The normalized spacial score (nSPS) is 11.3. The Bertz CT molecular complexity index is 1100. The summed E-state index contributed by atoms with van der Waals surface area (Å²) in [4.78, 5) is 12.0. The average molecular weight is 379 g/mol. The molecule has 0 radical (unpaired) electrons. The average Bonchev–Trinajstić information content (AvgIpc) is 3.05. The first-order valence-corrected chi connectivity index (χ1v) is 9.04. The van der Waals surface area contributed by atoms with Gasteiger partial charge in [-0.05, 0) is 30.3 Å². The summed E-state index contributed by atoms with van der Waals surface area (Å²) >= 11 is 0. The second kappa shape index (κ2) is 6.64. The number of halogens is 2. The molecule has 0 aliphatic heterocycles. The first kappa shape index (κ1) is 17.7. The van der Waals surface area contributed by atoms with Crippen molar-refractivity contribution in [1.82, 2.24) is 10.2 Å². The van der Waals surface area contributed by atoms with Crippen LogP contribution in [0.1, 0.15) is 10.4 Å². The second-order valence-corrected chi connectivity index (χ2v) is 7.25. The fourth-order valence-corrected chi connectivity index (χ4v) is 3.04. The molecule has 7 nitrogen and oxygen atoms in total. The van der Waals surface area contributed by atoms with Gasteiger partial charge in [-0.25, -0.2) is 17.2 Å². The van der Waals surface area contributed by atoms with Gasteiger partial charge in [0.2, 0.25) is 0 Å². The van der Waals surface area contributed by atoms with E-state index in [4.69, 9.17) is 4.42 Å². The summed E-state index contributed by atoms with van der Waals surface area (Å²) in [5, 5.41) is 9.55. The molecule has 1 aromatic heterocycles. The number of nitrogens with one attached hydrogen (secondary N) is 1. The van der Waals surface area contributed by atoms with Crippen molar-refractivity contribution in [3.63, 3.8) is 0 Å². The van der Waals surface area contributed by atoms with Crippen molar-refractivity contribution >= 4 is 21.8 Å². The van der Waals surface area contributed by atoms with Crippen LogP contribution in [0.25, 0.3) is 11.5 Å². The number of carbonyl (C=O) groups excluding carboxylic acids is 1. The van der Waals surface area contributed by atoms with Crippen molar-refractivity contribution in [2.45, 2.75) is 4.90 Å². The molecule has 0 saturated heterocycles. The lowest BCUT2D eigenvalue weighted by Crippen LogP contribution is -2.12. The molecule has 26 heavy (non-hydrogen) atoms. The molecule has 10 heteroatoms. The van der Waals surface area contributed by atoms with Gasteiger partial charge >= 0.3 is 6.01 Å². The Morgan fingerprint density at radius 3 is 2.50 bits per heavy atom. The molecule has 0 aliphatic rings. The molecule has 3 rings (SSSR count). The van der Waals surface area contributed by atoms with Crippen LogP contribution in [0.15, 0.2) is 51.8 Å². The molecule has 0 saturated carbocycles. The SMILES string of the molecule is CS(=O)(=O)c1ccccc1-c1nnc(NC(=O)c2ccc(F)c(F)c2)o1. The molecule has 1 heterocycles. The molecule has 0 fully saturated rings. The third-order valence-electron chi connectivity index (χ3n) is 3.34. The Labute approximate surface area is 146 Å². The molecule has 3 aromatic rings. The number of benzene rings is 2. The Morgan fingerprint density at radius 2 is 1.81 bits per heavy atom. The van der Waals surface area contributed by atoms with Gasteiger partial charge in [-0.1, -0.05) is 17.2 Å². The predicted molar refractivity (Wildman–Crippen MR) is 87.2 cm³/mol. The Morgan fingerprint density at radius 1 is 1.08 bits per heavy atom. The van der Waals surface area contributed by atoms with Gasteiger partial charge in [0.05, 0.1) is 10.5 Å². The minimum Gasteiger partial charge on any atom is -0.403 e. The van der Waals surface area contributed by atoms with Crippen LogP contribution in [0.3, 0.4) is 0 Å². The Balaban J connectivity index is 1.87. The number of sulfone groups is 1. The summed E-state index contributed by atoms with van der Waals surface area (Å²) in [6.45, 7) is 0. The first-order chi connectivity index (χ1) is 12.3. The van der Waals surface area contributed by atoms with E-state index in [1.165, 1.54) is 12.1 Å². The lowest BCUT2D eigenvalue weighted by Gasteiger charge is -2.03. The highest BCUT2D eigenvalue weighted by molar-refractivity contribution is 7.90. The summed E-state index contributed by atoms with van der Waals surface area (Å²) in [5.74, 6) is -3.17. The molecule has 134 valence electrons. The lowest BCUT2D eigenvalue weighted by atomic mass is 10.2. The van der Waals surface area contributed by atoms with Gasteiger partial charge in [0.1, 0.15) is 0 Å². The van der Waals surface area contributed by atoms with E-state index >= 15 is 0 Å². The van der Waals surface area contributed by atoms with Crippen LogP contribution in [0.5, 0.6) is 0 Å². The highest BCUT2D eigenvalue weighted by Crippen LogP contribution is 2.27. The standard InChI is InChI=1S/C16H11F2N3O4S/c1-26(23,24)13-5-3-2-4-10(13)15-20-21-16(25-15)19-14(22)9-6-7-11(17)12(18)8-9/h2-8H,1H3,(H,19,21,22). The summed E-state index contributed by atoms with van der Waals surface area (Å²) in [6, 6.07) is 8.30. The molecule has 0 aliphatic carbocycles. The fraction of sp³-hybridized carbons (Fsp3) is 0.0625. The first-order valence-electron chi connectivity index (χ1n) is 7.15. The number of amides is 1. The number of hydrogen-bond acceptors (Lipinski definition) is 6. The quantitative estimate of drug-likeness (QED) is 0.748. The van der Waals surface area contributed by atoms with Gasteiger partial charge in [-0.15, -0.1) is 5.10 Å². The topological polar surface area (TPSA) is 102 Å². The molecule has 2 aromatic carbocycles. The number of carbonyl (C=O) groups is 1. The second-order valence-electron chi connectivity index (χ2n) is 5.26. The summed E-state index contributed by atoms with van der Waals surface area (Å²) < 4.78 is 55.0. The number of hydrogen-bond donors (Lipinski definition) is 1. The van der Waals surface area contributed by atoms with Gasteiger partial charge in [0.25, 0.3) is 11.8 Å². The smallest absolute Gasteiger partial charge is 0.322 e. The van der Waals surface area contributed by atoms with E-state index in [0.717, 1.165) is 24.5 Å². The number of rotatable bonds is 4. The van der Waals surface area contributed by atoms with Crippen LogP contribution >= 0.6 is 0 Å². The maximum atomic E-state index is 13.2. The molecule has 0 bridgehead atoms. The molecular weight excluding hydrogens is 368 g/mol. The van der Waals surface area contributed by atoms with Crippen LogP contribution in [0.4, 0.5) is 14.8 Å². The van der Waals surface area contributed by atoms with E-state index in [9.17, 15) is 22.0 Å². The van der Waals surface area contributed by atoms with Crippen LogP contribution < -0.4 is 5.32 Å². The maximum absolute atomic E-state index is 13.2. The van der Waals surface area contributed by atoms with Crippen molar-refractivity contribution in [1.29, 1.82) is 0 Å². The number of anilines is 1. The van der Waals surface area contributed by atoms with Gasteiger partial charge in [0.15, 0.2) is 21.5 Å². The summed E-state index contributed by atoms with van der Waals surface area (Å²) in [6.07, 6.45) is 1.04. The van der Waals surface area contributed by atoms with Crippen LogP contribution in [-0.2, 0) is 9.84 Å². The zero-order chi connectivity index (χ0) is 18.9. The fourth-order valence-electron chi connectivity index (χ4n) is 2.16. The summed E-state index contributed by atoms with van der Waals surface area (Å²) in [5.41, 5.74) is 0.0241. The van der Waals surface area contributed by atoms with Crippen molar-refractivity contribution < 1.29 is 26.4 Å². The predicted octanol–water partition coefficient (Wildman–Crippen LogP) is 2.67. The highest BCUT2D eigenvalue weighted by Gasteiger charge is 2.19. The van der Waals surface area contributed by atoms with Crippen LogP contribution in [-0.4, -0.2) is 30.8 Å². The molecular formula is C16H11F2N3O4S. The van der Waals surface area contributed by atoms with Crippen LogP contribution in [0, 0.1) is 11.6 Å². The van der Waals surface area contributed by atoms with E-state index in [2.05, 4.69) is 15.5 Å². The van der Waals surface area contributed by atoms with Crippen molar-refractivity contribution in [2.24, 2.45) is 0 Å². The largest absolute Gasteiger partial charge is 0.403 e.